The van der Waals surface area contributed by atoms with Gasteiger partial charge in [-0.15, -0.1) is 24.8 Å². The number of carbonyl (C=O) groups is 1. The summed E-state index contributed by atoms with van der Waals surface area (Å²) in [4.78, 5) is 15.0. The van der Waals surface area contributed by atoms with Crippen molar-refractivity contribution in [1.29, 1.82) is 0 Å². The van der Waals surface area contributed by atoms with Crippen molar-refractivity contribution in [2.45, 2.75) is 12.8 Å². The van der Waals surface area contributed by atoms with Gasteiger partial charge < -0.3 is 16.0 Å². The Bertz CT molecular complexity index is 726. The van der Waals surface area contributed by atoms with E-state index < -0.39 is 0 Å². The van der Waals surface area contributed by atoms with Crippen LogP contribution in [0, 0.1) is 11.8 Å². The van der Waals surface area contributed by atoms with Gasteiger partial charge in [0.2, 0.25) is 5.91 Å². The number of amides is 1. The summed E-state index contributed by atoms with van der Waals surface area (Å²) in [5.74, 6) is 0.873. The first-order valence-electron chi connectivity index (χ1n) is 8.68. The van der Waals surface area contributed by atoms with Gasteiger partial charge in [-0.2, -0.15) is 0 Å². The first-order valence-corrected chi connectivity index (χ1v) is 8.68. The van der Waals surface area contributed by atoms with Crippen molar-refractivity contribution in [2.75, 3.05) is 30.7 Å². The minimum absolute atomic E-state index is 0. The lowest BCUT2D eigenvalue weighted by atomic mass is 9.78. The lowest BCUT2D eigenvalue weighted by molar-refractivity contribution is -0.125. The van der Waals surface area contributed by atoms with Crippen molar-refractivity contribution in [3.05, 3.63) is 48.5 Å². The number of halogens is 2. The summed E-state index contributed by atoms with van der Waals surface area (Å²) in [5.41, 5.74) is 9.61. The minimum atomic E-state index is 0. The number of nitrogens with one attached hydrogen (secondary N) is 1. The Kier molecular flexibility index (Phi) is 6.93. The zero-order chi connectivity index (χ0) is 16.5. The molecule has 3 saturated heterocycles. The van der Waals surface area contributed by atoms with Crippen LogP contribution < -0.4 is 11.1 Å². The van der Waals surface area contributed by atoms with Gasteiger partial charge >= 0.3 is 0 Å². The number of nitrogen functional groups attached to an aromatic ring is 1. The largest absolute Gasteiger partial charge is 0.399 e. The third-order valence-electron chi connectivity index (χ3n) is 5.39. The number of rotatable bonds is 3. The van der Waals surface area contributed by atoms with E-state index in [1.54, 1.807) is 0 Å². The molecule has 4 nitrogen and oxygen atoms in total. The van der Waals surface area contributed by atoms with E-state index in [0.717, 1.165) is 55.0 Å². The molecule has 3 heterocycles. The van der Waals surface area contributed by atoms with Crippen molar-refractivity contribution in [2.24, 2.45) is 11.8 Å². The molecule has 0 aromatic heterocycles. The summed E-state index contributed by atoms with van der Waals surface area (Å²) >= 11 is 0. The first kappa shape index (κ1) is 20.6. The van der Waals surface area contributed by atoms with Crippen LogP contribution in [0.3, 0.4) is 0 Å². The molecule has 3 fully saturated rings. The smallest absolute Gasteiger partial charge is 0.229 e. The van der Waals surface area contributed by atoms with E-state index in [4.69, 9.17) is 5.73 Å². The number of piperidine rings is 3. The van der Waals surface area contributed by atoms with Gasteiger partial charge in [-0.1, -0.05) is 24.3 Å². The van der Waals surface area contributed by atoms with E-state index >= 15 is 0 Å². The van der Waals surface area contributed by atoms with Crippen LogP contribution in [0.2, 0.25) is 0 Å². The first-order chi connectivity index (χ1) is 11.7. The lowest BCUT2D eigenvalue weighted by Crippen LogP contribution is -2.51. The number of nitrogens with zero attached hydrogens (tertiary/aromatic N) is 1. The second-order valence-electron chi connectivity index (χ2n) is 6.93. The normalized spacial score (nSPS) is 23.5. The molecule has 0 radical (unpaired) electrons. The molecule has 0 spiro atoms. The van der Waals surface area contributed by atoms with Gasteiger partial charge in [0.25, 0.3) is 0 Å². The van der Waals surface area contributed by atoms with Gasteiger partial charge in [-0.3, -0.25) is 4.79 Å². The van der Waals surface area contributed by atoms with Gasteiger partial charge in [-0.05, 0) is 67.2 Å². The molecule has 2 aromatic carbocycles. The molecule has 140 valence electrons. The maximum Gasteiger partial charge on any atom is 0.229 e. The second kappa shape index (κ2) is 8.76. The predicted octanol–water partition coefficient (Wildman–Crippen LogP) is 4.06. The molecule has 26 heavy (non-hydrogen) atoms. The molecule has 3 aliphatic rings. The summed E-state index contributed by atoms with van der Waals surface area (Å²) in [5, 5.41) is 3.10. The Balaban J connectivity index is 0.00000121. The van der Waals surface area contributed by atoms with E-state index in [9.17, 15) is 4.79 Å². The molecule has 3 aliphatic heterocycles. The Hall–Kier alpha value is -1.75. The number of hydrogen-bond donors (Lipinski definition) is 2. The van der Waals surface area contributed by atoms with E-state index in [0.29, 0.717) is 5.92 Å². The molecule has 1 atom stereocenters. The highest BCUT2D eigenvalue weighted by Crippen LogP contribution is 2.33. The summed E-state index contributed by atoms with van der Waals surface area (Å²) in [6.07, 6.45) is 2.32. The second-order valence-corrected chi connectivity index (χ2v) is 6.93. The summed E-state index contributed by atoms with van der Waals surface area (Å²) < 4.78 is 0. The number of anilines is 2. The molecular formula is C20H25Cl2N3O. The van der Waals surface area contributed by atoms with E-state index in [2.05, 4.69) is 10.2 Å². The third kappa shape index (κ3) is 4.32. The Labute approximate surface area is 167 Å². The van der Waals surface area contributed by atoms with Crippen LogP contribution in [-0.2, 0) is 4.79 Å². The quantitative estimate of drug-likeness (QED) is 0.772. The van der Waals surface area contributed by atoms with Crippen molar-refractivity contribution in [3.8, 4) is 11.1 Å². The van der Waals surface area contributed by atoms with Gasteiger partial charge in [0.05, 0.1) is 5.92 Å². The maximum absolute atomic E-state index is 12.6. The van der Waals surface area contributed by atoms with Crippen LogP contribution in [0.25, 0.3) is 11.1 Å². The third-order valence-corrected chi connectivity index (χ3v) is 5.39. The highest BCUT2D eigenvalue weighted by molar-refractivity contribution is 5.93. The molecular weight excluding hydrogens is 369 g/mol. The Morgan fingerprint density at radius 2 is 1.46 bits per heavy atom. The molecule has 0 saturated carbocycles. The highest BCUT2D eigenvalue weighted by Gasteiger charge is 2.38. The zero-order valence-electron chi connectivity index (χ0n) is 14.6. The van der Waals surface area contributed by atoms with Crippen LogP contribution in [0.1, 0.15) is 12.8 Å². The van der Waals surface area contributed by atoms with E-state index in [1.807, 2.05) is 48.5 Å². The highest BCUT2D eigenvalue weighted by atomic mass is 35.5. The molecule has 3 N–H and O–H groups in total. The van der Waals surface area contributed by atoms with Crippen molar-refractivity contribution in [1.82, 2.24) is 4.90 Å². The molecule has 5 rings (SSSR count). The van der Waals surface area contributed by atoms with Gasteiger partial charge in [0, 0.05) is 17.9 Å². The maximum atomic E-state index is 12.6. The Morgan fingerprint density at radius 3 is 1.96 bits per heavy atom. The van der Waals surface area contributed by atoms with Crippen molar-refractivity contribution in [3.63, 3.8) is 0 Å². The summed E-state index contributed by atoms with van der Waals surface area (Å²) in [6.45, 7) is 3.23. The number of benzene rings is 2. The standard InChI is InChI=1S/C20H23N3O.2ClH/c21-17-5-1-14(2-6-17)15-3-7-18(8-4-15)22-20(24)19-13-23-11-9-16(19)10-12-23;;/h1-8,16,19H,9-13,21H2,(H,22,24);2*1H. The lowest BCUT2D eigenvalue weighted by Gasteiger charge is -2.43. The van der Waals surface area contributed by atoms with Gasteiger partial charge in [-0.25, -0.2) is 0 Å². The molecule has 0 aliphatic carbocycles. The average Bonchev–Trinajstić information content (AvgIpc) is 2.64. The fourth-order valence-corrected chi connectivity index (χ4v) is 3.92. The van der Waals surface area contributed by atoms with Crippen LogP contribution in [0.5, 0.6) is 0 Å². The van der Waals surface area contributed by atoms with Crippen LogP contribution in [0.15, 0.2) is 48.5 Å². The van der Waals surface area contributed by atoms with E-state index in [-0.39, 0.29) is 36.6 Å². The number of fused-ring (bicyclic) bond motifs is 3. The molecule has 2 aromatic rings. The molecule has 1 unspecified atom stereocenters. The van der Waals surface area contributed by atoms with Crippen LogP contribution >= 0.6 is 24.8 Å². The topological polar surface area (TPSA) is 58.4 Å². The Morgan fingerprint density at radius 1 is 0.923 bits per heavy atom. The molecule has 2 bridgehead atoms. The van der Waals surface area contributed by atoms with Crippen LogP contribution in [-0.4, -0.2) is 30.4 Å². The fraction of sp³-hybridized carbons (Fsp3) is 0.350. The van der Waals surface area contributed by atoms with E-state index in [1.165, 1.54) is 0 Å². The van der Waals surface area contributed by atoms with Crippen molar-refractivity contribution >= 4 is 42.1 Å². The minimum Gasteiger partial charge on any atom is -0.399 e. The number of hydrogen-bond acceptors (Lipinski definition) is 3. The summed E-state index contributed by atoms with van der Waals surface area (Å²) in [7, 11) is 0. The average molecular weight is 394 g/mol. The van der Waals surface area contributed by atoms with Crippen LogP contribution in [0.4, 0.5) is 11.4 Å². The SMILES string of the molecule is Cl.Cl.Nc1ccc(-c2ccc(NC(=O)C3CN4CCC3CC4)cc2)cc1. The predicted molar refractivity (Wildman–Crippen MR) is 112 cm³/mol. The van der Waals surface area contributed by atoms with Gasteiger partial charge in [0.15, 0.2) is 0 Å². The number of nitrogens with two attached hydrogens (primary N) is 1. The molecule has 6 heteroatoms. The number of carbonyl (C=O) groups excluding carboxylic acids is 1. The monoisotopic (exact) mass is 393 g/mol. The molecule has 1 amide bonds. The van der Waals surface area contributed by atoms with Crippen molar-refractivity contribution < 1.29 is 4.79 Å². The summed E-state index contributed by atoms with van der Waals surface area (Å²) in [6, 6.07) is 15.9. The van der Waals surface area contributed by atoms with Gasteiger partial charge in [0.1, 0.15) is 0 Å². The zero-order valence-corrected chi connectivity index (χ0v) is 16.2. The fourth-order valence-electron chi connectivity index (χ4n) is 3.92.